The van der Waals surface area contributed by atoms with Crippen molar-refractivity contribution in [2.75, 3.05) is 7.11 Å². The zero-order valence-corrected chi connectivity index (χ0v) is 13.6. The molecule has 0 aliphatic heterocycles. The minimum absolute atomic E-state index is 0.118. The molecule has 22 heavy (non-hydrogen) atoms. The topological polar surface area (TPSA) is 55.4 Å². The lowest BCUT2D eigenvalue weighted by molar-refractivity contribution is -0.152. The molecule has 0 aromatic heterocycles. The smallest absolute Gasteiger partial charge is 0.331 e. The fraction of sp³-hybridized carbons (Fsp3) is 0.529. The largest absolute Gasteiger partial charge is 0.467 e. The van der Waals surface area contributed by atoms with Gasteiger partial charge in [0.15, 0.2) is 0 Å². The minimum atomic E-state index is -0.835. The molecule has 1 aromatic rings. The first-order chi connectivity index (χ1) is 10.6. The summed E-state index contributed by atoms with van der Waals surface area (Å²) in [5, 5.41) is 3.58. The first kappa shape index (κ1) is 16.8. The quantitative estimate of drug-likeness (QED) is 0.846. The van der Waals surface area contributed by atoms with Crippen LogP contribution < -0.4 is 5.32 Å². The van der Waals surface area contributed by atoms with Gasteiger partial charge >= 0.3 is 5.97 Å². The maximum atomic E-state index is 12.2. The SMILES string of the molecule is COC(=O)C1(NC(=O)CCc2cccc(Cl)c2)CCCCC1. The van der Waals surface area contributed by atoms with Gasteiger partial charge in [0.05, 0.1) is 7.11 Å². The van der Waals surface area contributed by atoms with Crippen molar-refractivity contribution < 1.29 is 14.3 Å². The van der Waals surface area contributed by atoms with E-state index in [1.54, 1.807) is 6.07 Å². The molecule has 5 heteroatoms. The first-order valence-electron chi connectivity index (χ1n) is 7.70. The zero-order chi connectivity index (χ0) is 16.0. The Labute approximate surface area is 136 Å². The summed E-state index contributed by atoms with van der Waals surface area (Å²) in [7, 11) is 1.37. The predicted octanol–water partition coefficient (Wildman–Crippen LogP) is 3.26. The van der Waals surface area contributed by atoms with E-state index in [1.807, 2.05) is 18.2 Å². The van der Waals surface area contributed by atoms with Crippen molar-refractivity contribution in [1.82, 2.24) is 5.32 Å². The van der Waals surface area contributed by atoms with Crippen LogP contribution in [0.2, 0.25) is 5.02 Å². The molecular formula is C17H22ClNO3. The molecule has 1 aliphatic rings. The number of aryl methyl sites for hydroxylation is 1. The van der Waals surface area contributed by atoms with Crippen LogP contribution in [0.15, 0.2) is 24.3 Å². The third-order valence-electron chi connectivity index (χ3n) is 4.19. The second kappa shape index (κ2) is 7.63. The number of carbonyl (C=O) groups is 2. The van der Waals surface area contributed by atoms with Crippen LogP contribution >= 0.6 is 11.6 Å². The number of esters is 1. The third-order valence-corrected chi connectivity index (χ3v) is 4.43. The summed E-state index contributed by atoms with van der Waals surface area (Å²) in [4.78, 5) is 24.3. The Bertz CT molecular complexity index is 538. The number of ether oxygens (including phenoxy) is 1. The molecule has 0 radical (unpaired) electrons. The number of hydrogen-bond acceptors (Lipinski definition) is 3. The van der Waals surface area contributed by atoms with Gasteiger partial charge in [0.1, 0.15) is 5.54 Å². The molecule has 4 nitrogen and oxygen atoms in total. The molecule has 0 heterocycles. The van der Waals surface area contributed by atoms with E-state index in [2.05, 4.69) is 5.32 Å². The average molecular weight is 324 g/mol. The van der Waals surface area contributed by atoms with Gasteiger partial charge in [-0.3, -0.25) is 4.79 Å². The molecule has 1 aromatic carbocycles. The Hall–Kier alpha value is -1.55. The molecular weight excluding hydrogens is 302 g/mol. The standard InChI is InChI=1S/C17H22ClNO3/c1-22-16(21)17(10-3-2-4-11-17)19-15(20)9-8-13-6-5-7-14(18)12-13/h5-7,12H,2-4,8-11H2,1H3,(H,19,20). The number of hydrogen-bond donors (Lipinski definition) is 1. The molecule has 0 saturated heterocycles. The van der Waals surface area contributed by atoms with E-state index in [1.165, 1.54) is 7.11 Å². The zero-order valence-electron chi connectivity index (χ0n) is 12.9. The van der Waals surface area contributed by atoms with Crippen LogP contribution in [0, 0.1) is 0 Å². The van der Waals surface area contributed by atoms with Gasteiger partial charge in [0.25, 0.3) is 0 Å². The predicted molar refractivity (Wildman–Crippen MR) is 85.7 cm³/mol. The number of methoxy groups -OCH3 is 1. The van der Waals surface area contributed by atoms with Crippen molar-refractivity contribution in [2.45, 2.75) is 50.5 Å². The van der Waals surface area contributed by atoms with Crippen LogP contribution in [0.4, 0.5) is 0 Å². The normalized spacial score (nSPS) is 16.8. The molecule has 1 fully saturated rings. The molecule has 120 valence electrons. The number of nitrogens with one attached hydrogen (secondary N) is 1. The van der Waals surface area contributed by atoms with Crippen molar-refractivity contribution in [3.05, 3.63) is 34.9 Å². The second-order valence-electron chi connectivity index (χ2n) is 5.81. The van der Waals surface area contributed by atoms with E-state index in [9.17, 15) is 9.59 Å². The monoisotopic (exact) mass is 323 g/mol. The summed E-state index contributed by atoms with van der Waals surface area (Å²) in [6, 6.07) is 7.47. The summed E-state index contributed by atoms with van der Waals surface area (Å²) in [5.41, 5.74) is 0.178. The van der Waals surface area contributed by atoms with Crippen molar-refractivity contribution >= 4 is 23.5 Å². The van der Waals surface area contributed by atoms with Crippen LogP contribution in [0.3, 0.4) is 0 Å². The number of carbonyl (C=O) groups excluding carboxylic acids is 2. The molecule has 1 saturated carbocycles. The highest BCUT2D eigenvalue weighted by Crippen LogP contribution is 2.29. The van der Waals surface area contributed by atoms with Crippen molar-refractivity contribution in [3.63, 3.8) is 0 Å². The van der Waals surface area contributed by atoms with Gasteiger partial charge < -0.3 is 10.1 Å². The second-order valence-corrected chi connectivity index (χ2v) is 6.25. The van der Waals surface area contributed by atoms with Gasteiger partial charge in [-0.1, -0.05) is 43.0 Å². The van der Waals surface area contributed by atoms with E-state index < -0.39 is 5.54 Å². The lowest BCUT2D eigenvalue weighted by Gasteiger charge is -2.35. The van der Waals surface area contributed by atoms with Gasteiger partial charge in [0.2, 0.25) is 5.91 Å². The van der Waals surface area contributed by atoms with E-state index >= 15 is 0 Å². The van der Waals surface area contributed by atoms with Gasteiger partial charge in [-0.25, -0.2) is 4.79 Å². The number of amides is 1. The van der Waals surface area contributed by atoms with Crippen LogP contribution in [0.5, 0.6) is 0 Å². The highest BCUT2D eigenvalue weighted by Gasteiger charge is 2.41. The Kier molecular flexibility index (Phi) is 5.83. The van der Waals surface area contributed by atoms with E-state index in [0.29, 0.717) is 30.7 Å². The van der Waals surface area contributed by atoms with Crippen molar-refractivity contribution in [1.29, 1.82) is 0 Å². The van der Waals surface area contributed by atoms with Gasteiger partial charge in [-0.2, -0.15) is 0 Å². The van der Waals surface area contributed by atoms with Gasteiger partial charge in [0, 0.05) is 11.4 Å². The van der Waals surface area contributed by atoms with E-state index in [4.69, 9.17) is 16.3 Å². The molecule has 0 atom stereocenters. The number of benzene rings is 1. The molecule has 0 unspecified atom stereocenters. The minimum Gasteiger partial charge on any atom is -0.467 e. The Balaban J connectivity index is 1.95. The first-order valence-corrected chi connectivity index (χ1v) is 8.07. The van der Waals surface area contributed by atoms with Crippen molar-refractivity contribution in [2.24, 2.45) is 0 Å². The summed E-state index contributed by atoms with van der Waals surface area (Å²) in [5.74, 6) is -0.449. The fourth-order valence-electron chi connectivity index (χ4n) is 3.01. The average Bonchev–Trinajstić information content (AvgIpc) is 2.53. The van der Waals surface area contributed by atoms with Crippen LogP contribution in [0.1, 0.15) is 44.1 Å². The highest BCUT2D eigenvalue weighted by atomic mass is 35.5. The molecule has 1 aliphatic carbocycles. The fourth-order valence-corrected chi connectivity index (χ4v) is 3.22. The summed E-state index contributed by atoms with van der Waals surface area (Å²) < 4.78 is 4.90. The highest BCUT2D eigenvalue weighted by molar-refractivity contribution is 6.30. The van der Waals surface area contributed by atoms with E-state index in [0.717, 1.165) is 24.8 Å². The Morgan fingerprint density at radius 2 is 2.00 bits per heavy atom. The molecule has 2 rings (SSSR count). The molecule has 1 N–H and O–H groups in total. The lowest BCUT2D eigenvalue weighted by atomic mass is 9.81. The summed E-state index contributed by atoms with van der Waals surface area (Å²) in [6.07, 6.45) is 5.21. The Morgan fingerprint density at radius 1 is 1.27 bits per heavy atom. The van der Waals surface area contributed by atoms with Gasteiger partial charge in [-0.05, 0) is 37.0 Å². The maximum absolute atomic E-state index is 12.2. The Morgan fingerprint density at radius 3 is 2.64 bits per heavy atom. The lowest BCUT2D eigenvalue weighted by Crippen LogP contribution is -2.56. The number of rotatable bonds is 5. The number of halogens is 1. The van der Waals surface area contributed by atoms with E-state index in [-0.39, 0.29) is 11.9 Å². The van der Waals surface area contributed by atoms with Crippen molar-refractivity contribution in [3.8, 4) is 0 Å². The maximum Gasteiger partial charge on any atom is 0.331 e. The van der Waals surface area contributed by atoms with Crippen LogP contribution in [-0.2, 0) is 20.7 Å². The van der Waals surface area contributed by atoms with Crippen LogP contribution in [0.25, 0.3) is 0 Å². The molecule has 0 spiro atoms. The third kappa shape index (κ3) is 4.23. The van der Waals surface area contributed by atoms with Gasteiger partial charge in [-0.15, -0.1) is 0 Å². The summed E-state index contributed by atoms with van der Waals surface area (Å²) >= 11 is 5.94. The molecule has 0 bridgehead atoms. The van der Waals surface area contributed by atoms with Crippen LogP contribution in [-0.4, -0.2) is 24.5 Å². The summed E-state index contributed by atoms with van der Waals surface area (Å²) in [6.45, 7) is 0. The molecule has 1 amide bonds.